The molecule has 7 heteroatoms. The van der Waals surface area contributed by atoms with Crippen LogP contribution in [0, 0.1) is 4.77 Å². The molecule has 1 aliphatic carbocycles. The van der Waals surface area contributed by atoms with Crippen LogP contribution in [0.2, 0.25) is 0 Å². The SMILES string of the molecule is CCCn1c(-c2sc(C3CC3)nc2COC)n[nH]c1=S. The Bertz CT molecular complexity index is 654. The molecule has 0 saturated heterocycles. The van der Waals surface area contributed by atoms with Crippen molar-refractivity contribution < 1.29 is 4.74 Å². The molecule has 1 N–H and O–H groups in total. The zero-order valence-corrected chi connectivity index (χ0v) is 13.3. The number of aromatic nitrogens is 4. The van der Waals surface area contributed by atoms with Crippen molar-refractivity contribution in [3.63, 3.8) is 0 Å². The van der Waals surface area contributed by atoms with E-state index in [9.17, 15) is 0 Å². The van der Waals surface area contributed by atoms with E-state index in [1.165, 1.54) is 17.8 Å². The molecule has 0 amide bonds. The Morgan fingerprint density at radius 1 is 1.50 bits per heavy atom. The van der Waals surface area contributed by atoms with E-state index in [0.29, 0.717) is 17.3 Å². The molecule has 2 aromatic heterocycles. The Labute approximate surface area is 127 Å². The first kappa shape index (κ1) is 13.9. The quantitative estimate of drug-likeness (QED) is 0.830. The predicted molar refractivity (Wildman–Crippen MR) is 81.5 cm³/mol. The summed E-state index contributed by atoms with van der Waals surface area (Å²) in [6.07, 6.45) is 3.52. The first-order chi connectivity index (χ1) is 9.74. The number of ether oxygens (including phenoxy) is 1. The van der Waals surface area contributed by atoms with Crippen LogP contribution in [0.5, 0.6) is 0 Å². The van der Waals surface area contributed by atoms with Gasteiger partial charge in [0.1, 0.15) is 0 Å². The van der Waals surface area contributed by atoms with Crippen LogP contribution in [0.1, 0.15) is 42.8 Å². The lowest BCUT2D eigenvalue weighted by molar-refractivity contribution is 0.182. The maximum Gasteiger partial charge on any atom is 0.195 e. The fraction of sp³-hybridized carbons (Fsp3) is 0.615. The molecule has 0 bridgehead atoms. The largest absolute Gasteiger partial charge is 0.378 e. The van der Waals surface area contributed by atoms with E-state index in [1.807, 2.05) is 0 Å². The molecule has 20 heavy (non-hydrogen) atoms. The van der Waals surface area contributed by atoms with Crippen molar-refractivity contribution in [1.29, 1.82) is 0 Å². The van der Waals surface area contributed by atoms with E-state index < -0.39 is 0 Å². The van der Waals surface area contributed by atoms with Gasteiger partial charge in [0.25, 0.3) is 0 Å². The molecule has 0 aliphatic heterocycles. The van der Waals surface area contributed by atoms with E-state index in [0.717, 1.165) is 29.4 Å². The minimum atomic E-state index is 0.518. The molecule has 0 atom stereocenters. The third-order valence-electron chi connectivity index (χ3n) is 3.33. The van der Waals surface area contributed by atoms with E-state index in [1.54, 1.807) is 18.4 Å². The number of nitrogens with one attached hydrogen (secondary N) is 1. The lowest BCUT2D eigenvalue weighted by Crippen LogP contribution is -2.01. The number of H-pyrrole nitrogens is 1. The molecule has 2 heterocycles. The van der Waals surface area contributed by atoms with Gasteiger partial charge in [0.15, 0.2) is 10.6 Å². The van der Waals surface area contributed by atoms with Crippen molar-refractivity contribution in [1.82, 2.24) is 19.7 Å². The summed E-state index contributed by atoms with van der Waals surface area (Å²) in [7, 11) is 1.70. The van der Waals surface area contributed by atoms with E-state index in [2.05, 4.69) is 21.7 Å². The maximum atomic E-state index is 5.31. The average molecular weight is 310 g/mol. The number of hydrogen-bond acceptors (Lipinski definition) is 5. The van der Waals surface area contributed by atoms with Crippen molar-refractivity contribution in [2.45, 2.75) is 45.3 Å². The molecular weight excluding hydrogens is 292 g/mol. The Hall–Kier alpha value is -1.05. The second-order valence-corrected chi connectivity index (χ2v) is 6.46. The first-order valence-corrected chi connectivity index (χ1v) is 8.11. The van der Waals surface area contributed by atoms with Gasteiger partial charge >= 0.3 is 0 Å². The molecule has 3 rings (SSSR count). The van der Waals surface area contributed by atoms with Gasteiger partial charge in [-0.3, -0.25) is 9.67 Å². The lowest BCUT2D eigenvalue weighted by Gasteiger charge is -2.04. The van der Waals surface area contributed by atoms with Crippen LogP contribution < -0.4 is 0 Å². The van der Waals surface area contributed by atoms with Crippen molar-refractivity contribution in [3.8, 4) is 10.7 Å². The van der Waals surface area contributed by atoms with Gasteiger partial charge < -0.3 is 4.74 Å². The smallest absolute Gasteiger partial charge is 0.195 e. The molecule has 1 fully saturated rings. The molecule has 5 nitrogen and oxygen atoms in total. The summed E-state index contributed by atoms with van der Waals surface area (Å²) in [5.41, 5.74) is 0.978. The predicted octanol–water partition coefficient (Wildman–Crippen LogP) is 3.50. The number of thiazole rings is 1. The summed E-state index contributed by atoms with van der Waals surface area (Å²) in [6, 6.07) is 0. The van der Waals surface area contributed by atoms with Crippen LogP contribution >= 0.6 is 23.6 Å². The molecule has 2 aromatic rings. The standard InChI is InChI=1S/C13H18N4OS2/c1-3-6-17-11(15-16-13(17)19)10-9(7-18-2)14-12(20-10)8-4-5-8/h8H,3-7H2,1-2H3,(H,16,19). The summed E-state index contributed by atoms with van der Waals surface area (Å²) in [6.45, 7) is 3.52. The zero-order chi connectivity index (χ0) is 14.1. The van der Waals surface area contributed by atoms with E-state index in [4.69, 9.17) is 21.9 Å². The highest BCUT2D eigenvalue weighted by Crippen LogP contribution is 2.44. The number of aromatic amines is 1. The van der Waals surface area contributed by atoms with E-state index >= 15 is 0 Å². The maximum absolute atomic E-state index is 5.31. The minimum absolute atomic E-state index is 0.518. The fourth-order valence-electron chi connectivity index (χ4n) is 2.21. The lowest BCUT2D eigenvalue weighted by atomic mass is 10.3. The van der Waals surface area contributed by atoms with Crippen molar-refractivity contribution in [2.75, 3.05) is 7.11 Å². The molecule has 0 spiro atoms. The van der Waals surface area contributed by atoms with Gasteiger partial charge in [0.05, 0.1) is 22.2 Å². The fourth-order valence-corrected chi connectivity index (χ4v) is 3.67. The Morgan fingerprint density at radius 2 is 2.30 bits per heavy atom. The van der Waals surface area contributed by atoms with E-state index in [-0.39, 0.29) is 0 Å². The minimum Gasteiger partial charge on any atom is -0.378 e. The molecule has 1 saturated carbocycles. The molecular formula is C13H18N4OS2. The first-order valence-electron chi connectivity index (χ1n) is 6.88. The normalized spacial score (nSPS) is 14.9. The van der Waals surface area contributed by atoms with Gasteiger partial charge in [0, 0.05) is 19.6 Å². The summed E-state index contributed by atoms with van der Waals surface area (Å²) in [5, 5.41) is 8.51. The summed E-state index contributed by atoms with van der Waals surface area (Å²) >= 11 is 7.05. The molecule has 0 unspecified atom stereocenters. The third-order valence-corrected chi connectivity index (χ3v) is 4.90. The average Bonchev–Trinajstić information content (AvgIpc) is 3.12. The van der Waals surface area contributed by atoms with Crippen LogP contribution in [0.15, 0.2) is 0 Å². The van der Waals surface area contributed by atoms with Crippen LogP contribution in [-0.4, -0.2) is 26.9 Å². The van der Waals surface area contributed by atoms with Crippen LogP contribution in [-0.2, 0) is 17.9 Å². The molecule has 0 aromatic carbocycles. The van der Waals surface area contributed by atoms with Gasteiger partial charge in [-0.1, -0.05) is 6.92 Å². The summed E-state index contributed by atoms with van der Waals surface area (Å²) in [4.78, 5) is 5.83. The second kappa shape index (κ2) is 5.75. The van der Waals surface area contributed by atoms with Gasteiger partial charge in [-0.05, 0) is 31.5 Å². The van der Waals surface area contributed by atoms with Gasteiger partial charge in [-0.2, -0.15) is 5.10 Å². The van der Waals surface area contributed by atoms with Gasteiger partial charge in [0.2, 0.25) is 0 Å². The molecule has 1 aliphatic rings. The summed E-state index contributed by atoms with van der Waals surface area (Å²) in [5.74, 6) is 1.54. The Balaban J connectivity index is 2.05. The molecule has 108 valence electrons. The second-order valence-electron chi connectivity index (χ2n) is 5.04. The van der Waals surface area contributed by atoms with Crippen LogP contribution in [0.25, 0.3) is 10.7 Å². The van der Waals surface area contributed by atoms with Crippen LogP contribution in [0.4, 0.5) is 0 Å². The Kier molecular flexibility index (Phi) is 4.00. The number of methoxy groups -OCH3 is 1. The van der Waals surface area contributed by atoms with Crippen molar-refractivity contribution in [2.24, 2.45) is 0 Å². The third kappa shape index (κ3) is 2.57. The highest BCUT2D eigenvalue weighted by Gasteiger charge is 2.29. The summed E-state index contributed by atoms with van der Waals surface area (Å²) < 4.78 is 8.01. The highest BCUT2D eigenvalue weighted by molar-refractivity contribution is 7.71. The number of rotatable bonds is 6. The monoisotopic (exact) mass is 310 g/mol. The Morgan fingerprint density at radius 3 is 2.95 bits per heavy atom. The van der Waals surface area contributed by atoms with Gasteiger partial charge in [-0.15, -0.1) is 11.3 Å². The number of hydrogen-bond donors (Lipinski definition) is 1. The topological polar surface area (TPSA) is 55.7 Å². The zero-order valence-electron chi connectivity index (χ0n) is 11.7. The number of nitrogens with zero attached hydrogens (tertiary/aromatic N) is 3. The highest BCUT2D eigenvalue weighted by atomic mass is 32.1. The van der Waals surface area contributed by atoms with Crippen molar-refractivity contribution >= 4 is 23.6 Å². The van der Waals surface area contributed by atoms with Crippen molar-refractivity contribution in [3.05, 3.63) is 15.5 Å². The van der Waals surface area contributed by atoms with Gasteiger partial charge in [-0.25, -0.2) is 4.98 Å². The van der Waals surface area contributed by atoms with Crippen LogP contribution in [0.3, 0.4) is 0 Å². The molecule has 0 radical (unpaired) electrons.